The van der Waals surface area contributed by atoms with E-state index in [9.17, 15) is 23.3 Å². The number of hydrogen-bond acceptors (Lipinski definition) is 6. The maximum atomic E-state index is 12.9. The monoisotopic (exact) mass is 397 g/mol. The minimum Gasteiger partial charge on any atom is -0.457 e. The van der Waals surface area contributed by atoms with Crippen molar-refractivity contribution in [3.8, 4) is 0 Å². The van der Waals surface area contributed by atoms with Crippen molar-refractivity contribution in [3.05, 3.63) is 100 Å². The summed E-state index contributed by atoms with van der Waals surface area (Å²) in [5.41, 5.74) is 0.442. The highest BCUT2D eigenvalue weighted by atomic mass is 32.2. The second-order valence-corrected chi connectivity index (χ2v) is 7.73. The lowest BCUT2D eigenvalue weighted by Crippen LogP contribution is -2.12. The number of nitro groups is 1. The van der Waals surface area contributed by atoms with Crippen LogP contribution in [0.5, 0.6) is 0 Å². The van der Waals surface area contributed by atoms with E-state index in [1.807, 2.05) is 6.07 Å². The Kier molecular flexibility index (Phi) is 5.51. The number of benzene rings is 3. The Morgan fingerprint density at radius 1 is 0.893 bits per heavy atom. The van der Waals surface area contributed by atoms with Crippen LogP contribution in [0.2, 0.25) is 0 Å². The molecule has 3 aromatic carbocycles. The molecule has 0 aliphatic carbocycles. The van der Waals surface area contributed by atoms with Crippen molar-refractivity contribution in [2.24, 2.45) is 0 Å². The zero-order valence-electron chi connectivity index (χ0n) is 14.5. The molecule has 142 valence electrons. The molecule has 0 saturated carbocycles. The van der Waals surface area contributed by atoms with Gasteiger partial charge in [-0.15, -0.1) is 0 Å². The van der Waals surface area contributed by atoms with Gasteiger partial charge >= 0.3 is 5.97 Å². The number of carbonyl (C=O) groups is 1. The number of carbonyl (C=O) groups excluding carboxylic acids is 1. The third-order valence-electron chi connectivity index (χ3n) is 3.97. The molecule has 8 heteroatoms. The topological polar surface area (TPSA) is 104 Å². The van der Waals surface area contributed by atoms with E-state index in [-0.39, 0.29) is 27.6 Å². The first-order valence-corrected chi connectivity index (χ1v) is 9.67. The summed E-state index contributed by atoms with van der Waals surface area (Å²) in [6.45, 7) is 0.00554. The SMILES string of the molecule is O=C(OCc1ccccc1)c1ccccc1S(=O)(=O)c1ccc([N+](=O)[O-])cc1. The summed E-state index contributed by atoms with van der Waals surface area (Å²) in [6.07, 6.45) is 0. The Morgan fingerprint density at radius 2 is 1.50 bits per heavy atom. The van der Waals surface area contributed by atoms with Crippen molar-refractivity contribution in [3.63, 3.8) is 0 Å². The van der Waals surface area contributed by atoms with E-state index < -0.39 is 20.7 Å². The first kappa shape index (κ1) is 19.2. The summed E-state index contributed by atoms with van der Waals surface area (Å²) >= 11 is 0. The van der Waals surface area contributed by atoms with Crippen molar-refractivity contribution in [2.45, 2.75) is 16.4 Å². The highest BCUT2D eigenvalue weighted by Gasteiger charge is 2.25. The Labute approximate surface area is 161 Å². The van der Waals surface area contributed by atoms with Gasteiger partial charge in [0.2, 0.25) is 9.84 Å². The van der Waals surface area contributed by atoms with Crippen LogP contribution in [0, 0.1) is 10.1 Å². The van der Waals surface area contributed by atoms with Crippen LogP contribution in [0.15, 0.2) is 88.7 Å². The Bertz CT molecular complexity index is 1110. The highest BCUT2D eigenvalue weighted by Crippen LogP contribution is 2.26. The van der Waals surface area contributed by atoms with Crippen LogP contribution in [-0.2, 0) is 21.2 Å². The van der Waals surface area contributed by atoms with E-state index in [4.69, 9.17) is 4.74 Å². The molecule has 0 unspecified atom stereocenters. The van der Waals surface area contributed by atoms with Gasteiger partial charge in [0.1, 0.15) is 6.61 Å². The summed E-state index contributed by atoms with van der Waals surface area (Å²) in [4.78, 5) is 22.3. The second-order valence-electron chi connectivity index (χ2n) is 5.81. The Balaban J connectivity index is 1.90. The van der Waals surface area contributed by atoms with Gasteiger partial charge in [-0.05, 0) is 29.8 Å². The Hall–Kier alpha value is -3.52. The molecule has 28 heavy (non-hydrogen) atoms. The number of hydrogen-bond donors (Lipinski definition) is 0. The molecular formula is C20H15NO6S. The zero-order valence-corrected chi connectivity index (χ0v) is 15.3. The van der Waals surface area contributed by atoms with E-state index in [0.29, 0.717) is 0 Å². The fraction of sp³-hybridized carbons (Fsp3) is 0.0500. The fourth-order valence-corrected chi connectivity index (χ4v) is 3.99. The largest absolute Gasteiger partial charge is 0.457 e. The minimum absolute atomic E-state index is 0.00554. The average Bonchev–Trinajstić information content (AvgIpc) is 2.72. The van der Waals surface area contributed by atoms with Gasteiger partial charge < -0.3 is 4.74 Å². The van der Waals surface area contributed by atoms with Gasteiger partial charge in [-0.1, -0.05) is 42.5 Å². The summed E-state index contributed by atoms with van der Waals surface area (Å²) in [5.74, 6) is -0.773. The van der Waals surface area contributed by atoms with Gasteiger partial charge in [-0.2, -0.15) is 0 Å². The average molecular weight is 397 g/mol. The lowest BCUT2D eigenvalue weighted by atomic mass is 10.2. The van der Waals surface area contributed by atoms with Gasteiger partial charge in [0.25, 0.3) is 5.69 Å². The lowest BCUT2D eigenvalue weighted by molar-refractivity contribution is -0.384. The number of esters is 1. The van der Waals surface area contributed by atoms with Crippen molar-refractivity contribution in [1.82, 2.24) is 0 Å². The predicted octanol–water partition coefficient (Wildman–Crippen LogP) is 3.78. The molecule has 0 fully saturated rings. The molecule has 0 heterocycles. The molecular weight excluding hydrogens is 382 g/mol. The second kappa shape index (κ2) is 8.01. The number of nitro benzene ring substituents is 1. The molecule has 0 radical (unpaired) electrons. The number of ether oxygens (including phenoxy) is 1. The van der Waals surface area contributed by atoms with E-state index in [0.717, 1.165) is 29.8 Å². The number of non-ortho nitro benzene ring substituents is 1. The van der Waals surface area contributed by atoms with Crippen LogP contribution < -0.4 is 0 Å². The molecule has 0 aromatic heterocycles. The van der Waals surface area contributed by atoms with Gasteiger partial charge in [0, 0.05) is 12.1 Å². The molecule has 0 bridgehead atoms. The molecule has 7 nitrogen and oxygen atoms in total. The first-order chi connectivity index (χ1) is 13.4. The molecule has 3 rings (SSSR count). The van der Waals surface area contributed by atoms with Crippen LogP contribution in [0.4, 0.5) is 5.69 Å². The highest BCUT2D eigenvalue weighted by molar-refractivity contribution is 7.91. The fourth-order valence-electron chi connectivity index (χ4n) is 2.54. The van der Waals surface area contributed by atoms with Crippen LogP contribution in [-0.4, -0.2) is 19.3 Å². The van der Waals surface area contributed by atoms with Gasteiger partial charge in [-0.3, -0.25) is 10.1 Å². The minimum atomic E-state index is -4.06. The standard InChI is InChI=1S/C20H15NO6S/c22-20(27-14-15-6-2-1-3-7-15)18-8-4-5-9-19(18)28(25,26)17-12-10-16(11-13-17)21(23)24/h1-13H,14H2. The molecule has 0 spiro atoms. The van der Waals surface area contributed by atoms with Gasteiger partial charge in [-0.25, -0.2) is 13.2 Å². The van der Waals surface area contributed by atoms with Crippen LogP contribution in [0.25, 0.3) is 0 Å². The predicted molar refractivity (Wildman–Crippen MR) is 101 cm³/mol. The molecule has 0 aliphatic heterocycles. The molecule has 3 aromatic rings. The summed E-state index contributed by atoms with van der Waals surface area (Å²) in [7, 11) is -4.06. The Morgan fingerprint density at radius 3 is 2.14 bits per heavy atom. The maximum Gasteiger partial charge on any atom is 0.339 e. The summed E-state index contributed by atoms with van der Waals surface area (Å²) in [6, 6.07) is 19.2. The van der Waals surface area contributed by atoms with Gasteiger partial charge in [0.15, 0.2) is 0 Å². The quantitative estimate of drug-likeness (QED) is 0.356. The molecule has 0 atom stereocenters. The third kappa shape index (κ3) is 4.07. The molecule has 0 saturated heterocycles. The van der Waals surface area contributed by atoms with Crippen LogP contribution in [0.3, 0.4) is 0 Å². The van der Waals surface area contributed by atoms with Crippen LogP contribution in [0.1, 0.15) is 15.9 Å². The zero-order chi connectivity index (χ0) is 20.1. The van der Waals surface area contributed by atoms with Crippen molar-refractivity contribution >= 4 is 21.5 Å². The smallest absolute Gasteiger partial charge is 0.339 e. The maximum absolute atomic E-state index is 12.9. The van der Waals surface area contributed by atoms with E-state index >= 15 is 0 Å². The summed E-state index contributed by atoms with van der Waals surface area (Å²) < 4.78 is 31.1. The molecule has 0 aliphatic rings. The number of rotatable bonds is 6. The van der Waals surface area contributed by atoms with Crippen LogP contribution >= 0.6 is 0 Å². The van der Waals surface area contributed by atoms with E-state index in [2.05, 4.69) is 0 Å². The third-order valence-corrected chi connectivity index (χ3v) is 5.79. The van der Waals surface area contributed by atoms with E-state index in [1.165, 1.54) is 24.3 Å². The molecule has 0 N–H and O–H groups in total. The lowest BCUT2D eigenvalue weighted by Gasteiger charge is -2.10. The van der Waals surface area contributed by atoms with Crippen molar-refractivity contribution in [1.29, 1.82) is 0 Å². The van der Waals surface area contributed by atoms with Gasteiger partial charge in [0.05, 0.1) is 20.3 Å². The number of nitrogens with zero attached hydrogens (tertiary/aromatic N) is 1. The first-order valence-electron chi connectivity index (χ1n) is 8.19. The van der Waals surface area contributed by atoms with Crippen molar-refractivity contribution < 1.29 is 22.9 Å². The summed E-state index contributed by atoms with van der Waals surface area (Å²) in [5, 5.41) is 10.8. The van der Waals surface area contributed by atoms with Crippen molar-refractivity contribution in [2.75, 3.05) is 0 Å². The normalized spacial score (nSPS) is 11.0. The van der Waals surface area contributed by atoms with E-state index in [1.54, 1.807) is 24.3 Å². The number of sulfone groups is 1. The molecule has 0 amide bonds.